The van der Waals surface area contributed by atoms with Gasteiger partial charge in [0.1, 0.15) is 12.1 Å². The summed E-state index contributed by atoms with van der Waals surface area (Å²) < 4.78 is 0. The Morgan fingerprint density at radius 2 is 2.36 bits per heavy atom. The predicted octanol–water partition coefficient (Wildman–Crippen LogP) is 0.999. The molecule has 76 valence electrons. The summed E-state index contributed by atoms with van der Waals surface area (Å²) in [4.78, 5) is 18.5. The normalized spacial score (nSPS) is 11.0. The molecule has 5 heteroatoms. The fourth-order valence-electron chi connectivity index (χ4n) is 0.782. The third-order valence-electron chi connectivity index (χ3n) is 1.87. The zero-order valence-electron chi connectivity index (χ0n) is 8.19. The largest absolute Gasteiger partial charge is 0.481 e. The molecule has 1 rings (SSSR count). The number of rotatable bonds is 4. The first-order valence-corrected chi connectivity index (χ1v) is 4.26. The summed E-state index contributed by atoms with van der Waals surface area (Å²) in [5.74, 6) is -0.201. The van der Waals surface area contributed by atoms with E-state index in [-0.39, 0.29) is 0 Å². The molecule has 0 radical (unpaired) electrons. The molecular weight excluding hydrogens is 182 g/mol. The number of nitrogens with zero attached hydrogens (tertiary/aromatic N) is 2. The molecule has 0 aromatic carbocycles. The molecular formula is C9H13N3O2. The molecule has 0 aliphatic heterocycles. The molecule has 0 bridgehead atoms. The van der Waals surface area contributed by atoms with Gasteiger partial charge in [0.25, 0.3) is 0 Å². The molecule has 1 aromatic heterocycles. The van der Waals surface area contributed by atoms with E-state index in [1.54, 1.807) is 26.1 Å². The molecule has 0 amide bonds. The highest BCUT2D eigenvalue weighted by molar-refractivity contribution is 5.74. The summed E-state index contributed by atoms with van der Waals surface area (Å²) in [6.45, 7) is 3.65. The highest BCUT2D eigenvalue weighted by Gasteiger charge is 2.26. The van der Waals surface area contributed by atoms with Crippen LogP contribution in [0.3, 0.4) is 0 Å². The van der Waals surface area contributed by atoms with Gasteiger partial charge >= 0.3 is 5.97 Å². The molecule has 0 aliphatic rings. The molecule has 0 spiro atoms. The Kier molecular flexibility index (Phi) is 3.01. The van der Waals surface area contributed by atoms with E-state index in [4.69, 9.17) is 5.11 Å². The molecule has 0 aliphatic carbocycles. The third-order valence-corrected chi connectivity index (χ3v) is 1.87. The SMILES string of the molecule is CC(C)(CNc1ccncn1)C(=O)O. The highest BCUT2D eigenvalue weighted by Crippen LogP contribution is 2.15. The molecule has 1 aromatic rings. The Balaban J connectivity index is 2.53. The van der Waals surface area contributed by atoms with E-state index in [2.05, 4.69) is 15.3 Å². The van der Waals surface area contributed by atoms with Crippen LogP contribution in [0.4, 0.5) is 5.82 Å². The fourth-order valence-corrected chi connectivity index (χ4v) is 0.782. The number of anilines is 1. The van der Waals surface area contributed by atoms with Crippen molar-refractivity contribution in [3.63, 3.8) is 0 Å². The van der Waals surface area contributed by atoms with Gasteiger partial charge < -0.3 is 10.4 Å². The summed E-state index contributed by atoms with van der Waals surface area (Å²) in [6.07, 6.45) is 3.01. The quantitative estimate of drug-likeness (QED) is 0.749. The molecule has 5 nitrogen and oxygen atoms in total. The number of aliphatic carboxylic acids is 1. The van der Waals surface area contributed by atoms with E-state index >= 15 is 0 Å². The highest BCUT2D eigenvalue weighted by atomic mass is 16.4. The van der Waals surface area contributed by atoms with E-state index in [0.717, 1.165) is 0 Å². The zero-order chi connectivity index (χ0) is 10.6. The fraction of sp³-hybridized carbons (Fsp3) is 0.444. The molecule has 0 saturated heterocycles. The van der Waals surface area contributed by atoms with Gasteiger partial charge in [-0.25, -0.2) is 9.97 Å². The van der Waals surface area contributed by atoms with Gasteiger partial charge in [0.2, 0.25) is 0 Å². The lowest BCUT2D eigenvalue weighted by atomic mass is 9.94. The summed E-state index contributed by atoms with van der Waals surface area (Å²) in [6, 6.07) is 1.69. The van der Waals surface area contributed by atoms with Crippen LogP contribution in [0.2, 0.25) is 0 Å². The second kappa shape index (κ2) is 4.04. The number of aromatic nitrogens is 2. The van der Waals surface area contributed by atoms with Crippen LogP contribution in [0.25, 0.3) is 0 Å². The minimum atomic E-state index is -0.834. The first-order valence-electron chi connectivity index (χ1n) is 4.26. The first kappa shape index (κ1) is 10.4. The van der Waals surface area contributed by atoms with Gasteiger partial charge in [-0.15, -0.1) is 0 Å². The van der Waals surface area contributed by atoms with Crippen molar-refractivity contribution in [2.24, 2.45) is 5.41 Å². The van der Waals surface area contributed by atoms with Crippen LogP contribution in [0.15, 0.2) is 18.6 Å². The second-order valence-electron chi connectivity index (χ2n) is 3.64. The summed E-state index contributed by atoms with van der Waals surface area (Å²) in [5.41, 5.74) is -0.801. The van der Waals surface area contributed by atoms with Crippen molar-refractivity contribution in [1.82, 2.24) is 9.97 Å². The standard InChI is InChI=1S/C9H13N3O2/c1-9(2,8(13)14)5-11-7-3-4-10-6-12-7/h3-4,6H,5H2,1-2H3,(H,13,14)(H,10,11,12). The molecule has 14 heavy (non-hydrogen) atoms. The molecule has 1 heterocycles. The Labute approximate surface area is 82.2 Å². The lowest BCUT2D eigenvalue weighted by molar-refractivity contribution is -0.146. The van der Waals surface area contributed by atoms with Crippen LogP contribution in [-0.2, 0) is 4.79 Å². The number of carboxylic acids is 1. The lowest BCUT2D eigenvalue weighted by Gasteiger charge is -2.19. The molecule has 0 saturated carbocycles. The van der Waals surface area contributed by atoms with Gasteiger partial charge in [-0.05, 0) is 19.9 Å². The number of nitrogens with one attached hydrogen (secondary N) is 1. The minimum absolute atomic E-state index is 0.333. The summed E-state index contributed by atoms with van der Waals surface area (Å²) >= 11 is 0. The summed E-state index contributed by atoms with van der Waals surface area (Å²) in [7, 11) is 0. The molecule has 0 fully saturated rings. The van der Waals surface area contributed by atoms with Crippen molar-refractivity contribution in [3.05, 3.63) is 18.6 Å². The maximum Gasteiger partial charge on any atom is 0.310 e. The predicted molar refractivity (Wildman–Crippen MR) is 51.9 cm³/mol. The van der Waals surface area contributed by atoms with Crippen LogP contribution < -0.4 is 5.32 Å². The third kappa shape index (κ3) is 2.69. The smallest absolute Gasteiger partial charge is 0.310 e. The Morgan fingerprint density at radius 3 is 2.86 bits per heavy atom. The van der Waals surface area contributed by atoms with Crippen LogP contribution in [0, 0.1) is 5.41 Å². The minimum Gasteiger partial charge on any atom is -0.481 e. The lowest BCUT2D eigenvalue weighted by Crippen LogP contribution is -2.31. The molecule has 0 unspecified atom stereocenters. The number of carboxylic acid groups (broad SMARTS) is 1. The Morgan fingerprint density at radius 1 is 1.64 bits per heavy atom. The number of hydrogen-bond acceptors (Lipinski definition) is 4. The first-order chi connectivity index (χ1) is 6.52. The number of hydrogen-bond donors (Lipinski definition) is 2. The van der Waals surface area contributed by atoms with Gasteiger partial charge in [0, 0.05) is 12.7 Å². The van der Waals surface area contributed by atoms with Gasteiger partial charge in [0.05, 0.1) is 5.41 Å². The van der Waals surface area contributed by atoms with Crippen molar-refractivity contribution in [2.45, 2.75) is 13.8 Å². The van der Waals surface area contributed by atoms with Crippen molar-refractivity contribution in [3.8, 4) is 0 Å². The average Bonchev–Trinajstić information content (AvgIpc) is 2.16. The average molecular weight is 195 g/mol. The molecule has 0 atom stereocenters. The van der Waals surface area contributed by atoms with Crippen molar-refractivity contribution < 1.29 is 9.90 Å². The van der Waals surface area contributed by atoms with Gasteiger partial charge in [-0.3, -0.25) is 4.79 Å². The van der Waals surface area contributed by atoms with Crippen LogP contribution in [-0.4, -0.2) is 27.6 Å². The van der Waals surface area contributed by atoms with Crippen LogP contribution >= 0.6 is 0 Å². The maximum absolute atomic E-state index is 10.8. The molecule has 2 N–H and O–H groups in total. The summed E-state index contributed by atoms with van der Waals surface area (Å²) in [5, 5.41) is 11.8. The van der Waals surface area contributed by atoms with Crippen molar-refractivity contribution in [2.75, 3.05) is 11.9 Å². The van der Waals surface area contributed by atoms with E-state index in [0.29, 0.717) is 12.4 Å². The Hall–Kier alpha value is -1.65. The van der Waals surface area contributed by atoms with Crippen LogP contribution in [0.5, 0.6) is 0 Å². The van der Waals surface area contributed by atoms with E-state index in [9.17, 15) is 4.79 Å². The van der Waals surface area contributed by atoms with Gasteiger partial charge in [-0.1, -0.05) is 0 Å². The van der Waals surface area contributed by atoms with Crippen molar-refractivity contribution in [1.29, 1.82) is 0 Å². The van der Waals surface area contributed by atoms with E-state index < -0.39 is 11.4 Å². The van der Waals surface area contributed by atoms with Gasteiger partial charge in [0.15, 0.2) is 0 Å². The Bertz CT molecular complexity index is 311. The van der Waals surface area contributed by atoms with Crippen molar-refractivity contribution >= 4 is 11.8 Å². The number of carbonyl (C=O) groups is 1. The maximum atomic E-state index is 10.8. The van der Waals surface area contributed by atoms with E-state index in [1.165, 1.54) is 6.33 Å². The van der Waals surface area contributed by atoms with Gasteiger partial charge in [-0.2, -0.15) is 0 Å². The van der Waals surface area contributed by atoms with E-state index in [1.807, 2.05) is 0 Å². The van der Waals surface area contributed by atoms with Crippen LogP contribution in [0.1, 0.15) is 13.8 Å². The topological polar surface area (TPSA) is 75.1 Å². The second-order valence-corrected chi connectivity index (χ2v) is 3.64. The monoisotopic (exact) mass is 195 g/mol. The zero-order valence-corrected chi connectivity index (χ0v) is 8.19.